The van der Waals surface area contributed by atoms with Gasteiger partial charge < -0.3 is 38.3 Å². The van der Waals surface area contributed by atoms with Crippen molar-refractivity contribution in [3.05, 3.63) is 23.5 Å². The topological polar surface area (TPSA) is 102 Å². The summed E-state index contributed by atoms with van der Waals surface area (Å²) in [5.74, 6) is -2.34. The summed E-state index contributed by atoms with van der Waals surface area (Å²) in [6, 6.07) is 0. The fourth-order valence-electron chi connectivity index (χ4n) is 7.63. The summed E-state index contributed by atoms with van der Waals surface area (Å²) in [5, 5.41) is 11.2. The van der Waals surface area contributed by atoms with Crippen LogP contribution in [0.25, 0.3) is 0 Å². The first-order valence-electron chi connectivity index (χ1n) is 11.8. The minimum atomic E-state index is -1.19. The number of carbonyl (C=O) groups excluding carboxylic acids is 1. The molecule has 3 heterocycles. The summed E-state index contributed by atoms with van der Waals surface area (Å²) in [7, 11) is 2.98. The molecule has 9 atom stereocenters. The van der Waals surface area contributed by atoms with Crippen LogP contribution in [0.2, 0.25) is 0 Å². The summed E-state index contributed by atoms with van der Waals surface area (Å²) < 4.78 is 42.4. The predicted octanol–water partition coefficient (Wildman–Crippen LogP) is 1.15. The Labute approximate surface area is 192 Å². The van der Waals surface area contributed by atoms with E-state index >= 15 is 0 Å². The largest absolute Gasteiger partial charge is 0.493 e. The Bertz CT molecular complexity index is 892. The van der Waals surface area contributed by atoms with Crippen molar-refractivity contribution in [1.29, 1.82) is 0 Å². The van der Waals surface area contributed by atoms with Gasteiger partial charge in [0, 0.05) is 24.4 Å². The van der Waals surface area contributed by atoms with Gasteiger partial charge in [0.2, 0.25) is 5.79 Å². The summed E-state index contributed by atoms with van der Waals surface area (Å²) in [5.41, 5.74) is 1.25. The fraction of sp³-hybridized carbons (Fsp3) is 0.792. The lowest BCUT2D eigenvalue weighted by atomic mass is 9.47. The van der Waals surface area contributed by atoms with E-state index in [-0.39, 0.29) is 29.8 Å². The number of aliphatic hydroxyl groups excluding tert-OH is 1. The van der Waals surface area contributed by atoms with Crippen LogP contribution in [0.15, 0.2) is 23.5 Å². The van der Waals surface area contributed by atoms with Gasteiger partial charge >= 0.3 is 5.97 Å². The van der Waals surface area contributed by atoms with Crippen LogP contribution in [0.5, 0.6) is 0 Å². The molecule has 0 amide bonds. The van der Waals surface area contributed by atoms with Crippen molar-refractivity contribution in [2.45, 2.75) is 50.2 Å². The lowest BCUT2D eigenvalue weighted by Gasteiger charge is -2.60. The number of esters is 1. The molecule has 0 bridgehead atoms. The third-order valence-corrected chi connectivity index (χ3v) is 8.91. The zero-order chi connectivity index (χ0) is 23.1. The van der Waals surface area contributed by atoms with Gasteiger partial charge in [-0.05, 0) is 24.3 Å². The quantitative estimate of drug-likeness (QED) is 0.476. The van der Waals surface area contributed by atoms with Crippen molar-refractivity contribution in [3.63, 3.8) is 0 Å². The van der Waals surface area contributed by atoms with E-state index in [1.165, 1.54) is 7.11 Å². The Hall–Kier alpha value is -1.49. The van der Waals surface area contributed by atoms with E-state index in [0.29, 0.717) is 45.0 Å². The van der Waals surface area contributed by atoms with Gasteiger partial charge in [0.15, 0.2) is 6.29 Å². The highest BCUT2D eigenvalue weighted by Gasteiger charge is 2.73. The molecule has 0 aromatic heterocycles. The molecule has 3 aliphatic carbocycles. The Morgan fingerprint density at radius 2 is 1.94 bits per heavy atom. The molecule has 6 aliphatic rings. The van der Waals surface area contributed by atoms with Crippen LogP contribution >= 0.6 is 0 Å². The van der Waals surface area contributed by atoms with Crippen molar-refractivity contribution in [2.24, 2.45) is 29.1 Å². The molecule has 5 fully saturated rings. The molecule has 0 aromatic carbocycles. The third kappa shape index (κ3) is 2.66. The molecule has 3 saturated heterocycles. The van der Waals surface area contributed by atoms with Gasteiger partial charge in [0.1, 0.15) is 24.6 Å². The van der Waals surface area contributed by atoms with E-state index in [2.05, 4.69) is 13.5 Å². The van der Waals surface area contributed by atoms with E-state index in [0.717, 1.165) is 11.1 Å². The van der Waals surface area contributed by atoms with E-state index in [1.807, 2.05) is 0 Å². The molecule has 9 heteroatoms. The number of fused-ring (bicyclic) bond motifs is 4. The molecular weight excluding hydrogens is 432 g/mol. The van der Waals surface area contributed by atoms with Gasteiger partial charge in [0.25, 0.3) is 0 Å². The average Bonchev–Trinajstić information content (AvgIpc) is 3.41. The smallest absolute Gasteiger partial charge is 0.312 e. The number of hydrogen-bond acceptors (Lipinski definition) is 9. The monoisotopic (exact) mass is 464 g/mol. The Balaban J connectivity index is 1.61. The lowest BCUT2D eigenvalue weighted by Crippen LogP contribution is -2.65. The van der Waals surface area contributed by atoms with E-state index < -0.39 is 35.6 Å². The maximum Gasteiger partial charge on any atom is 0.312 e. The van der Waals surface area contributed by atoms with Crippen molar-refractivity contribution in [3.8, 4) is 0 Å². The number of methoxy groups -OCH3 is 2. The highest BCUT2D eigenvalue weighted by molar-refractivity contribution is 5.75. The number of hydrogen-bond donors (Lipinski definition) is 1. The number of aliphatic hydroxyl groups is 1. The number of rotatable bonds is 2. The van der Waals surface area contributed by atoms with Gasteiger partial charge in [-0.25, -0.2) is 0 Å². The van der Waals surface area contributed by atoms with E-state index in [4.69, 9.17) is 33.2 Å². The van der Waals surface area contributed by atoms with Crippen LogP contribution in [0.3, 0.4) is 0 Å². The van der Waals surface area contributed by atoms with Gasteiger partial charge in [0.05, 0.1) is 39.0 Å². The summed E-state index contributed by atoms with van der Waals surface area (Å²) in [4.78, 5) is 13.1. The summed E-state index contributed by atoms with van der Waals surface area (Å²) in [6.07, 6.45) is -1.29. The van der Waals surface area contributed by atoms with Gasteiger partial charge in [-0.15, -0.1) is 0 Å². The molecule has 9 nitrogen and oxygen atoms in total. The van der Waals surface area contributed by atoms with Crippen LogP contribution < -0.4 is 0 Å². The summed E-state index contributed by atoms with van der Waals surface area (Å²) >= 11 is 0. The van der Waals surface area contributed by atoms with Gasteiger partial charge in [-0.2, -0.15) is 0 Å². The second-order valence-electron chi connectivity index (χ2n) is 10.1. The SMILES string of the molecule is C=C1C[C@H](O)C2(OCCO2)[C@H]2C3=C4OCCO[C@@H]4[C@@H](C(=O)OC)[C@@H]4[C@H](OC)O[C@H](C[C@@H]12)[C@]34C. The first-order valence-corrected chi connectivity index (χ1v) is 11.8. The number of ether oxygens (including phenoxy) is 7. The van der Waals surface area contributed by atoms with Crippen molar-refractivity contribution in [2.75, 3.05) is 40.6 Å². The third-order valence-electron chi connectivity index (χ3n) is 8.91. The van der Waals surface area contributed by atoms with Crippen molar-refractivity contribution >= 4 is 5.97 Å². The maximum atomic E-state index is 13.1. The minimum Gasteiger partial charge on any atom is -0.493 e. The second kappa shape index (κ2) is 7.50. The molecule has 33 heavy (non-hydrogen) atoms. The van der Waals surface area contributed by atoms with Gasteiger partial charge in [-0.1, -0.05) is 19.1 Å². The molecule has 0 unspecified atom stereocenters. The maximum absolute atomic E-state index is 13.1. The van der Waals surface area contributed by atoms with E-state index in [1.54, 1.807) is 7.11 Å². The number of carbonyl (C=O) groups is 1. The first kappa shape index (κ1) is 22.0. The van der Waals surface area contributed by atoms with Crippen LogP contribution in [0.4, 0.5) is 0 Å². The molecular formula is C24H32O9. The highest BCUT2D eigenvalue weighted by Crippen LogP contribution is 2.68. The Morgan fingerprint density at radius 3 is 2.64 bits per heavy atom. The molecule has 182 valence electrons. The van der Waals surface area contributed by atoms with Crippen LogP contribution in [-0.2, 0) is 38.0 Å². The lowest BCUT2D eigenvalue weighted by molar-refractivity contribution is -0.272. The first-order chi connectivity index (χ1) is 15.9. The molecule has 2 saturated carbocycles. The van der Waals surface area contributed by atoms with Gasteiger partial charge in [-0.3, -0.25) is 4.79 Å². The van der Waals surface area contributed by atoms with Crippen LogP contribution in [-0.4, -0.2) is 82.1 Å². The molecule has 6 rings (SSSR count). The summed E-state index contributed by atoms with van der Waals surface area (Å²) in [6.45, 7) is 7.97. The van der Waals surface area contributed by atoms with Crippen molar-refractivity contribution in [1.82, 2.24) is 0 Å². The second-order valence-corrected chi connectivity index (χ2v) is 10.1. The minimum absolute atomic E-state index is 0.0378. The zero-order valence-electron chi connectivity index (χ0n) is 19.3. The Morgan fingerprint density at radius 1 is 1.18 bits per heavy atom. The zero-order valence-corrected chi connectivity index (χ0v) is 19.3. The highest BCUT2D eigenvalue weighted by atomic mass is 16.7. The molecule has 0 radical (unpaired) electrons. The fourth-order valence-corrected chi connectivity index (χ4v) is 7.63. The molecule has 3 aliphatic heterocycles. The molecule has 1 N–H and O–H groups in total. The molecule has 1 spiro atoms. The van der Waals surface area contributed by atoms with Crippen LogP contribution in [0, 0.1) is 29.1 Å². The Kier molecular flexibility index (Phi) is 5.00. The normalized spacial score (nSPS) is 47.6. The van der Waals surface area contributed by atoms with Crippen molar-refractivity contribution < 1.29 is 43.1 Å². The van der Waals surface area contributed by atoms with E-state index in [9.17, 15) is 9.90 Å². The molecule has 0 aromatic rings. The predicted molar refractivity (Wildman–Crippen MR) is 111 cm³/mol. The van der Waals surface area contributed by atoms with Crippen LogP contribution in [0.1, 0.15) is 19.8 Å². The standard InChI is InChI=1S/C24H32O9/c1-11-9-13(25)24(31-7-8-32-24)16-12(11)10-14-23(2)17(22(28-4)33-14)15(21(26)27-3)19-20(18(16)23)30-6-5-29-19/h12-17,19,22,25H,1,5-10H2,2-4H3/t12-,13-,14+,15-,16+,17+,19+,22+,23-/m0/s1. The average molecular weight is 465 g/mol.